The highest BCUT2D eigenvalue weighted by Gasteiger charge is 2.31. The molecule has 1 fully saturated rings. The summed E-state index contributed by atoms with van der Waals surface area (Å²) in [6, 6.07) is 4.84. The third-order valence-corrected chi connectivity index (χ3v) is 3.33. The first-order valence-corrected chi connectivity index (χ1v) is 6.12. The van der Waals surface area contributed by atoms with Crippen molar-refractivity contribution in [2.45, 2.75) is 18.8 Å². The van der Waals surface area contributed by atoms with Crippen LogP contribution in [0.25, 0.3) is 5.69 Å². The Hall–Kier alpha value is -1.43. The zero-order chi connectivity index (χ0) is 12.0. The number of nitrogen functional groups attached to an aromatic ring is 1. The summed E-state index contributed by atoms with van der Waals surface area (Å²) in [5, 5.41) is 7.75. The summed E-state index contributed by atoms with van der Waals surface area (Å²) in [7, 11) is 0. The van der Waals surface area contributed by atoms with Crippen molar-refractivity contribution in [2.24, 2.45) is 0 Å². The Morgan fingerprint density at radius 2 is 2.18 bits per heavy atom. The Morgan fingerprint density at radius 1 is 1.41 bits per heavy atom. The van der Waals surface area contributed by atoms with Gasteiger partial charge < -0.3 is 5.73 Å². The second kappa shape index (κ2) is 3.80. The van der Waals surface area contributed by atoms with Gasteiger partial charge >= 0.3 is 0 Å². The Kier molecular flexibility index (Phi) is 2.39. The molecule has 0 unspecified atom stereocenters. The highest BCUT2D eigenvalue weighted by molar-refractivity contribution is 9.10. The molecule has 1 aliphatic carbocycles. The first-order chi connectivity index (χ1) is 8.16. The molecule has 1 saturated carbocycles. The molecule has 4 nitrogen and oxygen atoms in total. The van der Waals surface area contributed by atoms with Crippen LogP contribution in [0.2, 0.25) is 0 Å². The van der Waals surface area contributed by atoms with Crippen molar-refractivity contribution < 1.29 is 4.39 Å². The van der Waals surface area contributed by atoms with Crippen molar-refractivity contribution in [3.05, 3.63) is 34.2 Å². The van der Waals surface area contributed by atoms with E-state index in [1.807, 2.05) is 0 Å². The van der Waals surface area contributed by atoms with Gasteiger partial charge in [0.25, 0.3) is 0 Å². The quantitative estimate of drug-likeness (QED) is 0.927. The summed E-state index contributed by atoms with van der Waals surface area (Å²) in [6.45, 7) is 0. The standard InChI is InChI=1S/C11H10BrFN4/c12-7-3-4-9(8(13)5-7)17-10(6-1-2-6)11(14)15-16-17/h3-6H,1-2,14H2. The van der Waals surface area contributed by atoms with E-state index in [0.29, 0.717) is 21.9 Å². The van der Waals surface area contributed by atoms with Crippen LogP contribution in [0.4, 0.5) is 10.2 Å². The highest BCUT2D eigenvalue weighted by atomic mass is 79.9. The van der Waals surface area contributed by atoms with E-state index < -0.39 is 0 Å². The number of nitrogens with zero attached hydrogens (tertiary/aromatic N) is 3. The first kappa shape index (κ1) is 10.7. The number of benzene rings is 1. The molecule has 1 aliphatic rings. The summed E-state index contributed by atoms with van der Waals surface area (Å²) >= 11 is 3.22. The lowest BCUT2D eigenvalue weighted by Gasteiger charge is -2.07. The van der Waals surface area contributed by atoms with Crippen LogP contribution >= 0.6 is 15.9 Å². The van der Waals surface area contributed by atoms with Crippen LogP contribution in [0.5, 0.6) is 0 Å². The molecule has 0 amide bonds. The first-order valence-electron chi connectivity index (χ1n) is 5.33. The average molecular weight is 297 g/mol. The number of aromatic nitrogens is 3. The number of hydrogen-bond donors (Lipinski definition) is 1. The molecule has 2 aromatic rings. The molecule has 0 radical (unpaired) electrons. The van der Waals surface area contributed by atoms with Crippen molar-refractivity contribution >= 4 is 21.7 Å². The van der Waals surface area contributed by atoms with Gasteiger partial charge in [0.2, 0.25) is 0 Å². The van der Waals surface area contributed by atoms with Gasteiger partial charge in [0.15, 0.2) is 5.82 Å². The van der Waals surface area contributed by atoms with Crippen molar-refractivity contribution in [2.75, 3.05) is 5.73 Å². The van der Waals surface area contributed by atoms with Crippen LogP contribution in [-0.2, 0) is 0 Å². The highest BCUT2D eigenvalue weighted by Crippen LogP contribution is 2.42. The van der Waals surface area contributed by atoms with Gasteiger partial charge in [-0.15, -0.1) is 5.10 Å². The monoisotopic (exact) mass is 296 g/mol. The molecule has 88 valence electrons. The van der Waals surface area contributed by atoms with Crippen LogP contribution in [0.15, 0.2) is 22.7 Å². The maximum atomic E-state index is 13.8. The van der Waals surface area contributed by atoms with E-state index in [1.165, 1.54) is 10.7 Å². The maximum absolute atomic E-state index is 13.8. The fraction of sp³-hybridized carbons (Fsp3) is 0.273. The molecule has 1 heterocycles. The molecule has 0 spiro atoms. The number of rotatable bonds is 2. The lowest BCUT2D eigenvalue weighted by atomic mass is 10.2. The van der Waals surface area contributed by atoms with Gasteiger partial charge in [0, 0.05) is 10.4 Å². The van der Waals surface area contributed by atoms with Crippen molar-refractivity contribution in [1.82, 2.24) is 15.0 Å². The molecule has 2 N–H and O–H groups in total. The molecule has 0 bridgehead atoms. The van der Waals surface area contributed by atoms with E-state index >= 15 is 0 Å². The van der Waals surface area contributed by atoms with Crippen LogP contribution in [0.1, 0.15) is 24.5 Å². The maximum Gasteiger partial charge on any atom is 0.169 e. The molecule has 17 heavy (non-hydrogen) atoms. The lowest BCUT2D eigenvalue weighted by molar-refractivity contribution is 0.601. The number of nitrogens with two attached hydrogens (primary N) is 1. The zero-order valence-electron chi connectivity index (χ0n) is 8.90. The lowest BCUT2D eigenvalue weighted by Crippen LogP contribution is -2.05. The zero-order valence-corrected chi connectivity index (χ0v) is 10.5. The molecular weight excluding hydrogens is 287 g/mol. The van der Waals surface area contributed by atoms with E-state index in [-0.39, 0.29) is 5.82 Å². The predicted octanol–water partition coefficient (Wildman–Crippen LogP) is 2.63. The summed E-state index contributed by atoms with van der Waals surface area (Å²) in [4.78, 5) is 0. The van der Waals surface area contributed by atoms with E-state index in [4.69, 9.17) is 5.73 Å². The molecule has 1 aromatic heterocycles. The largest absolute Gasteiger partial charge is 0.381 e. The number of hydrogen-bond acceptors (Lipinski definition) is 3. The Morgan fingerprint density at radius 3 is 2.82 bits per heavy atom. The Bertz CT molecular complexity index is 577. The molecule has 0 atom stereocenters. The normalized spacial score (nSPS) is 15.2. The summed E-state index contributed by atoms with van der Waals surface area (Å²) in [5.74, 6) is 0.425. The Labute approximate surface area is 106 Å². The molecule has 3 rings (SSSR count). The van der Waals surface area contributed by atoms with Crippen LogP contribution in [0.3, 0.4) is 0 Å². The third-order valence-electron chi connectivity index (χ3n) is 2.83. The summed E-state index contributed by atoms with van der Waals surface area (Å²) < 4.78 is 16.1. The van der Waals surface area contributed by atoms with E-state index in [1.54, 1.807) is 12.1 Å². The third kappa shape index (κ3) is 1.82. The van der Waals surface area contributed by atoms with Crippen LogP contribution in [0, 0.1) is 5.82 Å². The second-order valence-corrected chi connectivity index (χ2v) is 5.06. The molecule has 0 aliphatic heterocycles. The van der Waals surface area contributed by atoms with Gasteiger partial charge in [-0.1, -0.05) is 21.1 Å². The smallest absolute Gasteiger partial charge is 0.169 e. The van der Waals surface area contributed by atoms with E-state index in [9.17, 15) is 4.39 Å². The SMILES string of the molecule is Nc1nnn(-c2ccc(Br)cc2F)c1C1CC1. The van der Waals surface area contributed by atoms with Crippen molar-refractivity contribution in [1.29, 1.82) is 0 Å². The number of halogens is 2. The second-order valence-electron chi connectivity index (χ2n) is 4.14. The molecule has 0 saturated heterocycles. The van der Waals surface area contributed by atoms with Gasteiger partial charge in [-0.05, 0) is 31.0 Å². The van der Waals surface area contributed by atoms with Gasteiger partial charge in [0.05, 0.1) is 5.69 Å². The topological polar surface area (TPSA) is 56.7 Å². The van der Waals surface area contributed by atoms with Gasteiger partial charge in [-0.2, -0.15) is 0 Å². The molecule has 6 heteroatoms. The van der Waals surface area contributed by atoms with Crippen molar-refractivity contribution in [3.63, 3.8) is 0 Å². The fourth-order valence-electron chi connectivity index (χ4n) is 1.87. The number of anilines is 1. The fourth-order valence-corrected chi connectivity index (χ4v) is 2.20. The van der Waals surface area contributed by atoms with E-state index in [2.05, 4.69) is 26.2 Å². The minimum absolute atomic E-state index is 0.342. The summed E-state index contributed by atoms with van der Waals surface area (Å²) in [6.07, 6.45) is 2.13. The Balaban J connectivity index is 2.14. The summed E-state index contributed by atoms with van der Waals surface area (Å²) in [5.41, 5.74) is 6.99. The average Bonchev–Trinajstić information content (AvgIpc) is 3.03. The molecule has 1 aromatic carbocycles. The van der Waals surface area contributed by atoms with Gasteiger partial charge in [-0.3, -0.25) is 0 Å². The minimum atomic E-state index is -0.342. The van der Waals surface area contributed by atoms with Crippen molar-refractivity contribution in [3.8, 4) is 5.69 Å². The van der Waals surface area contributed by atoms with Gasteiger partial charge in [0.1, 0.15) is 11.5 Å². The minimum Gasteiger partial charge on any atom is -0.381 e. The van der Waals surface area contributed by atoms with Crippen LogP contribution in [-0.4, -0.2) is 15.0 Å². The van der Waals surface area contributed by atoms with Gasteiger partial charge in [-0.25, -0.2) is 9.07 Å². The molecular formula is C11H10BrFN4. The van der Waals surface area contributed by atoms with E-state index in [0.717, 1.165) is 18.5 Å². The van der Waals surface area contributed by atoms with Crippen LogP contribution < -0.4 is 5.73 Å². The predicted molar refractivity (Wildman–Crippen MR) is 65.4 cm³/mol.